The molecule has 3 aromatic rings. The number of rotatable bonds is 9. The van der Waals surface area contributed by atoms with E-state index in [1.54, 1.807) is 30.3 Å². The lowest BCUT2D eigenvalue weighted by Gasteiger charge is -2.15. The Labute approximate surface area is 217 Å². The van der Waals surface area contributed by atoms with Gasteiger partial charge in [0, 0.05) is 5.69 Å². The number of para-hydroxylation sites is 1. The molecule has 0 unspecified atom stereocenters. The number of ether oxygens (including phenoxy) is 2. The van der Waals surface area contributed by atoms with Gasteiger partial charge in [0.05, 0.1) is 15.7 Å². The molecule has 0 spiro atoms. The van der Waals surface area contributed by atoms with E-state index in [-0.39, 0.29) is 17.7 Å². The van der Waals surface area contributed by atoms with Crippen molar-refractivity contribution in [3.8, 4) is 17.6 Å². The number of carbonyl (C=O) groups is 2. The first-order valence-electron chi connectivity index (χ1n) is 10.7. The first-order valence-corrected chi connectivity index (χ1v) is 11.8. The van der Waals surface area contributed by atoms with Crippen LogP contribution in [0.15, 0.2) is 66.2 Å². The normalized spacial score (nSPS) is 10.9. The van der Waals surface area contributed by atoms with Crippen LogP contribution in [0.25, 0.3) is 6.08 Å². The Kier molecular flexibility index (Phi) is 8.86. The van der Waals surface area contributed by atoms with E-state index < -0.39 is 11.9 Å². The summed E-state index contributed by atoms with van der Waals surface area (Å²) in [6.07, 6.45) is 1.51. The Bertz CT molecular complexity index is 1310. The Balaban J connectivity index is 1.83. The number of amides is 1. The highest BCUT2D eigenvalue weighted by molar-refractivity contribution is 14.1. The molecule has 0 atom stereocenters. The van der Waals surface area contributed by atoms with Gasteiger partial charge in [-0.1, -0.05) is 30.3 Å². The predicted octanol–water partition coefficient (Wildman–Crippen LogP) is 5.82. The molecular formula is C27H23IN2O5. The summed E-state index contributed by atoms with van der Waals surface area (Å²) < 4.78 is 12.5. The number of carboxylic acids is 1. The average Bonchev–Trinajstić information content (AvgIpc) is 2.83. The molecule has 2 N–H and O–H groups in total. The molecule has 0 saturated carbocycles. The van der Waals surface area contributed by atoms with E-state index >= 15 is 0 Å². The summed E-state index contributed by atoms with van der Waals surface area (Å²) in [5.74, 6) is -0.488. The second kappa shape index (κ2) is 12.0. The molecule has 3 rings (SSSR count). The van der Waals surface area contributed by atoms with Crippen LogP contribution in [0.4, 0.5) is 5.69 Å². The molecule has 3 aromatic carbocycles. The summed E-state index contributed by atoms with van der Waals surface area (Å²) in [6.45, 7) is 4.33. The summed E-state index contributed by atoms with van der Waals surface area (Å²) in [6, 6.07) is 19.3. The molecule has 0 heterocycles. The number of hydrogen-bond acceptors (Lipinski definition) is 5. The van der Waals surface area contributed by atoms with Crippen molar-refractivity contribution in [2.24, 2.45) is 0 Å². The molecule has 0 aliphatic heterocycles. The Hall–Kier alpha value is -3.84. The second-order valence-electron chi connectivity index (χ2n) is 7.49. The lowest BCUT2D eigenvalue weighted by molar-refractivity contribution is -0.112. The number of nitriles is 1. The number of benzene rings is 3. The molecule has 7 nitrogen and oxygen atoms in total. The number of nitrogens with one attached hydrogen (secondary N) is 1. The molecule has 8 heteroatoms. The summed E-state index contributed by atoms with van der Waals surface area (Å²) in [5, 5.41) is 21.4. The minimum atomic E-state index is -0.987. The molecule has 0 aromatic heterocycles. The number of carboxylic acid groups (broad SMARTS) is 1. The zero-order chi connectivity index (χ0) is 25.4. The number of carbonyl (C=O) groups excluding carboxylic acids is 1. The third kappa shape index (κ3) is 6.83. The van der Waals surface area contributed by atoms with E-state index in [1.165, 1.54) is 18.2 Å². The molecule has 1 amide bonds. The van der Waals surface area contributed by atoms with E-state index in [9.17, 15) is 14.9 Å². The highest BCUT2D eigenvalue weighted by Gasteiger charge is 2.15. The largest absolute Gasteiger partial charge is 0.490 e. The topological polar surface area (TPSA) is 109 Å². The van der Waals surface area contributed by atoms with Crippen LogP contribution in [0.1, 0.15) is 34.0 Å². The lowest BCUT2D eigenvalue weighted by atomic mass is 10.1. The van der Waals surface area contributed by atoms with Crippen molar-refractivity contribution >= 4 is 46.2 Å². The van der Waals surface area contributed by atoms with Crippen LogP contribution < -0.4 is 14.8 Å². The van der Waals surface area contributed by atoms with Crippen LogP contribution in [0.2, 0.25) is 0 Å². The molecule has 0 aliphatic rings. The van der Waals surface area contributed by atoms with E-state index in [4.69, 9.17) is 14.6 Å². The minimum Gasteiger partial charge on any atom is -0.490 e. The first kappa shape index (κ1) is 25.8. The fraction of sp³-hybridized carbons (Fsp3) is 0.148. The number of hydrogen-bond donors (Lipinski definition) is 2. The van der Waals surface area contributed by atoms with Gasteiger partial charge in [0.25, 0.3) is 5.91 Å². The predicted molar refractivity (Wildman–Crippen MR) is 141 cm³/mol. The fourth-order valence-electron chi connectivity index (χ4n) is 3.19. The number of anilines is 1. The van der Waals surface area contributed by atoms with Crippen molar-refractivity contribution in [3.63, 3.8) is 0 Å². The van der Waals surface area contributed by atoms with Crippen LogP contribution in [-0.4, -0.2) is 23.6 Å². The molecular weight excluding hydrogens is 559 g/mol. The SMILES string of the molecule is CCOc1cc(/C=C(\C#N)C(=O)Nc2ccccc2C)cc(I)c1OCc1ccc(C(=O)O)cc1. The van der Waals surface area contributed by atoms with Crippen molar-refractivity contribution in [3.05, 3.63) is 92.1 Å². The Morgan fingerprint density at radius 2 is 1.83 bits per heavy atom. The van der Waals surface area contributed by atoms with Crippen molar-refractivity contribution in [2.75, 3.05) is 11.9 Å². The van der Waals surface area contributed by atoms with Crippen molar-refractivity contribution in [1.29, 1.82) is 5.26 Å². The molecule has 0 bridgehead atoms. The molecule has 0 fully saturated rings. The van der Waals surface area contributed by atoms with Gasteiger partial charge in [-0.2, -0.15) is 5.26 Å². The molecule has 0 radical (unpaired) electrons. The van der Waals surface area contributed by atoms with Gasteiger partial charge in [0.15, 0.2) is 11.5 Å². The van der Waals surface area contributed by atoms with Crippen LogP contribution in [0.5, 0.6) is 11.5 Å². The van der Waals surface area contributed by atoms with Gasteiger partial charge in [-0.15, -0.1) is 0 Å². The fourth-order valence-corrected chi connectivity index (χ4v) is 3.97. The Morgan fingerprint density at radius 1 is 1.11 bits per heavy atom. The molecule has 178 valence electrons. The summed E-state index contributed by atoms with van der Waals surface area (Å²) in [5.41, 5.74) is 3.12. The van der Waals surface area contributed by atoms with Gasteiger partial charge < -0.3 is 19.9 Å². The van der Waals surface area contributed by atoms with Crippen molar-refractivity contribution < 1.29 is 24.2 Å². The maximum Gasteiger partial charge on any atom is 0.335 e. The average molecular weight is 582 g/mol. The van der Waals surface area contributed by atoms with Gasteiger partial charge in [-0.05, 0) is 89.5 Å². The molecule has 35 heavy (non-hydrogen) atoms. The van der Waals surface area contributed by atoms with E-state index in [0.717, 1.165) is 14.7 Å². The van der Waals surface area contributed by atoms with Crippen LogP contribution in [0, 0.1) is 21.8 Å². The molecule has 0 saturated heterocycles. The van der Waals surface area contributed by atoms with E-state index in [2.05, 4.69) is 27.9 Å². The molecule has 0 aliphatic carbocycles. The number of aryl methyl sites for hydroxylation is 1. The summed E-state index contributed by atoms with van der Waals surface area (Å²) in [4.78, 5) is 23.7. The number of aromatic carboxylic acids is 1. The third-order valence-corrected chi connectivity index (χ3v) is 5.79. The van der Waals surface area contributed by atoms with Gasteiger partial charge in [0.2, 0.25) is 0 Å². The van der Waals surface area contributed by atoms with Crippen molar-refractivity contribution in [1.82, 2.24) is 0 Å². The zero-order valence-electron chi connectivity index (χ0n) is 19.2. The number of halogens is 1. The van der Waals surface area contributed by atoms with Crippen LogP contribution in [-0.2, 0) is 11.4 Å². The van der Waals surface area contributed by atoms with Gasteiger partial charge in [-0.3, -0.25) is 4.79 Å². The summed E-state index contributed by atoms with van der Waals surface area (Å²) in [7, 11) is 0. The maximum atomic E-state index is 12.7. The van der Waals surface area contributed by atoms with Gasteiger partial charge in [-0.25, -0.2) is 4.79 Å². The highest BCUT2D eigenvalue weighted by Crippen LogP contribution is 2.35. The van der Waals surface area contributed by atoms with Gasteiger partial charge in [0.1, 0.15) is 18.2 Å². The van der Waals surface area contributed by atoms with Gasteiger partial charge >= 0.3 is 5.97 Å². The van der Waals surface area contributed by atoms with Crippen LogP contribution >= 0.6 is 22.6 Å². The highest BCUT2D eigenvalue weighted by atomic mass is 127. The minimum absolute atomic E-state index is 0.0429. The Morgan fingerprint density at radius 3 is 2.46 bits per heavy atom. The first-order chi connectivity index (χ1) is 16.8. The monoisotopic (exact) mass is 582 g/mol. The second-order valence-corrected chi connectivity index (χ2v) is 8.65. The standard InChI is InChI=1S/C27H23IN2O5/c1-3-34-24-14-19(12-21(15-29)26(31)30-23-7-5-4-6-17(23)2)13-22(28)25(24)35-16-18-8-10-20(11-9-18)27(32)33/h4-14H,3,16H2,1-2H3,(H,30,31)(H,32,33)/b21-12+. The quantitative estimate of drug-likeness (QED) is 0.187. The van der Waals surface area contributed by atoms with E-state index in [0.29, 0.717) is 29.4 Å². The van der Waals surface area contributed by atoms with Crippen molar-refractivity contribution in [2.45, 2.75) is 20.5 Å². The lowest BCUT2D eigenvalue weighted by Crippen LogP contribution is -2.14. The van der Waals surface area contributed by atoms with Crippen LogP contribution in [0.3, 0.4) is 0 Å². The smallest absolute Gasteiger partial charge is 0.335 e. The third-order valence-electron chi connectivity index (χ3n) is 4.99. The van der Waals surface area contributed by atoms with E-state index in [1.807, 2.05) is 38.1 Å². The zero-order valence-corrected chi connectivity index (χ0v) is 21.3. The summed E-state index contributed by atoms with van der Waals surface area (Å²) >= 11 is 2.11. The maximum absolute atomic E-state index is 12.7. The number of nitrogens with zero attached hydrogens (tertiary/aromatic N) is 1.